The maximum atomic E-state index is 10.7. The largest absolute Gasteiger partial charge is 0.363 e. The van der Waals surface area contributed by atoms with Gasteiger partial charge in [-0.05, 0) is 34.1 Å². The van der Waals surface area contributed by atoms with Crippen LogP contribution >= 0.6 is 0 Å². The molecular weight excluding hydrogens is 140 g/mol. The van der Waals surface area contributed by atoms with Crippen molar-refractivity contribution < 1.29 is 9.53 Å². The molecule has 2 nitrogen and oxygen atoms in total. The summed E-state index contributed by atoms with van der Waals surface area (Å²) in [6, 6.07) is 0. The number of carbonyl (C=O) groups is 1. The molecule has 1 unspecified atom stereocenters. The summed E-state index contributed by atoms with van der Waals surface area (Å²) in [6.07, 6.45) is 1.50. The number of ketones is 1. The Labute approximate surface area is 67.9 Å². The number of Topliss-reactive ketones (excluding diaryl/α,β-unsaturated/α-hetero) is 1. The van der Waals surface area contributed by atoms with Crippen LogP contribution in [0.25, 0.3) is 0 Å². The highest BCUT2D eigenvalue weighted by Crippen LogP contribution is 2.50. The molecule has 0 aliphatic carbocycles. The molecule has 0 spiro atoms. The Morgan fingerprint density at radius 3 is 2.09 bits per heavy atom. The van der Waals surface area contributed by atoms with Crippen molar-refractivity contribution in [1.29, 1.82) is 0 Å². The van der Waals surface area contributed by atoms with Gasteiger partial charge in [-0.2, -0.15) is 0 Å². The van der Waals surface area contributed by atoms with Crippen LogP contribution in [0.1, 0.15) is 40.5 Å². The van der Waals surface area contributed by atoms with E-state index in [1.165, 1.54) is 0 Å². The van der Waals surface area contributed by atoms with Crippen molar-refractivity contribution in [2.45, 2.75) is 51.7 Å². The molecule has 0 amide bonds. The van der Waals surface area contributed by atoms with Gasteiger partial charge < -0.3 is 9.53 Å². The summed E-state index contributed by atoms with van der Waals surface area (Å²) < 4.78 is 5.49. The summed E-state index contributed by atoms with van der Waals surface area (Å²) in [6.45, 7) is 7.81. The Hall–Kier alpha value is -0.370. The van der Waals surface area contributed by atoms with Crippen molar-refractivity contribution >= 4 is 5.78 Å². The van der Waals surface area contributed by atoms with Gasteiger partial charge in [0.05, 0.1) is 11.2 Å². The van der Waals surface area contributed by atoms with Crippen LogP contribution in [0.15, 0.2) is 0 Å². The van der Waals surface area contributed by atoms with E-state index in [1.807, 2.05) is 0 Å². The lowest BCUT2D eigenvalue weighted by Gasteiger charge is -2.05. The Morgan fingerprint density at radius 1 is 1.36 bits per heavy atom. The molecule has 1 rings (SSSR count). The number of hydrogen-bond acceptors (Lipinski definition) is 2. The maximum absolute atomic E-state index is 10.7. The van der Waals surface area contributed by atoms with E-state index in [2.05, 4.69) is 20.8 Å². The zero-order valence-corrected chi connectivity index (χ0v) is 7.73. The fourth-order valence-electron chi connectivity index (χ4n) is 1.30. The van der Waals surface area contributed by atoms with E-state index >= 15 is 0 Å². The summed E-state index contributed by atoms with van der Waals surface area (Å²) >= 11 is 0. The van der Waals surface area contributed by atoms with Gasteiger partial charge in [0.1, 0.15) is 5.78 Å². The van der Waals surface area contributed by atoms with Crippen LogP contribution in [0.4, 0.5) is 0 Å². The van der Waals surface area contributed by atoms with Gasteiger partial charge in [-0.15, -0.1) is 0 Å². The highest BCUT2D eigenvalue weighted by molar-refractivity contribution is 5.75. The summed E-state index contributed by atoms with van der Waals surface area (Å²) in [7, 11) is 0. The van der Waals surface area contributed by atoms with E-state index in [0.717, 1.165) is 6.42 Å². The predicted molar refractivity (Wildman–Crippen MR) is 43.5 cm³/mol. The molecule has 0 aromatic rings. The third-order valence-electron chi connectivity index (χ3n) is 2.67. The smallest absolute Gasteiger partial charge is 0.129 e. The van der Waals surface area contributed by atoms with E-state index in [-0.39, 0.29) is 17.0 Å². The monoisotopic (exact) mass is 156 g/mol. The second-order valence-electron chi connectivity index (χ2n) is 4.05. The van der Waals surface area contributed by atoms with E-state index in [0.29, 0.717) is 6.42 Å². The average molecular weight is 156 g/mol. The maximum Gasteiger partial charge on any atom is 0.129 e. The third-order valence-corrected chi connectivity index (χ3v) is 2.67. The highest BCUT2D eigenvalue weighted by Gasteiger charge is 2.59. The summed E-state index contributed by atoms with van der Waals surface area (Å²) in [5, 5.41) is 0. The first kappa shape index (κ1) is 8.72. The van der Waals surface area contributed by atoms with Crippen molar-refractivity contribution in [2.75, 3.05) is 0 Å². The lowest BCUT2D eigenvalue weighted by atomic mass is 9.92. The molecule has 0 saturated carbocycles. The number of carbonyl (C=O) groups excluding carboxylic acids is 1. The van der Waals surface area contributed by atoms with Crippen LogP contribution < -0.4 is 0 Å². The van der Waals surface area contributed by atoms with Crippen LogP contribution in [0.5, 0.6) is 0 Å². The second-order valence-corrected chi connectivity index (χ2v) is 4.05. The van der Waals surface area contributed by atoms with Crippen molar-refractivity contribution in [1.82, 2.24) is 0 Å². The molecular formula is C9H16O2. The lowest BCUT2D eigenvalue weighted by molar-refractivity contribution is -0.117. The normalized spacial score (nSPS) is 33.5. The minimum absolute atomic E-state index is 0.0115. The van der Waals surface area contributed by atoms with Gasteiger partial charge in [-0.3, -0.25) is 0 Å². The van der Waals surface area contributed by atoms with Crippen LogP contribution in [-0.2, 0) is 9.53 Å². The number of ether oxygens (including phenoxy) is 1. The van der Waals surface area contributed by atoms with Gasteiger partial charge in [0.25, 0.3) is 0 Å². The third kappa shape index (κ3) is 1.62. The van der Waals surface area contributed by atoms with Crippen molar-refractivity contribution in [3.63, 3.8) is 0 Å². The Balaban J connectivity index is 2.35. The topological polar surface area (TPSA) is 29.6 Å². The quantitative estimate of drug-likeness (QED) is 0.584. The standard InChI is InChI=1S/C9H16O2/c1-7(10)5-6-9(4)8(2,3)11-9/h5-6H2,1-4H3. The van der Waals surface area contributed by atoms with E-state index < -0.39 is 0 Å². The molecule has 0 bridgehead atoms. The van der Waals surface area contributed by atoms with E-state index in [9.17, 15) is 4.79 Å². The molecule has 0 aromatic carbocycles. The molecule has 1 aliphatic rings. The number of hydrogen-bond donors (Lipinski definition) is 0. The Kier molecular flexibility index (Phi) is 1.83. The minimum Gasteiger partial charge on any atom is -0.363 e. The minimum atomic E-state index is -0.0430. The van der Waals surface area contributed by atoms with Gasteiger partial charge in [-0.25, -0.2) is 0 Å². The van der Waals surface area contributed by atoms with Crippen molar-refractivity contribution in [3.8, 4) is 0 Å². The molecule has 2 heteroatoms. The molecule has 0 radical (unpaired) electrons. The fourth-order valence-corrected chi connectivity index (χ4v) is 1.30. The Morgan fingerprint density at radius 2 is 1.82 bits per heavy atom. The average Bonchev–Trinajstić information content (AvgIpc) is 2.29. The summed E-state index contributed by atoms with van der Waals surface area (Å²) in [5.41, 5.74) is -0.0544. The molecule has 0 aromatic heterocycles. The van der Waals surface area contributed by atoms with E-state index in [1.54, 1.807) is 6.92 Å². The zero-order chi connectivity index (χ0) is 8.70. The molecule has 1 saturated heterocycles. The Bertz CT molecular complexity index is 184. The molecule has 1 fully saturated rings. The predicted octanol–water partition coefficient (Wildman–Crippen LogP) is 1.92. The van der Waals surface area contributed by atoms with Crippen molar-refractivity contribution in [3.05, 3.63) is 0 Å². The van der Waals surface area contributed by atoms with E-state index in [4.69, 9.17) is 4.74 Å². The second kappa shape index (κ2) is 2.31. The van der Waals surface area contributed by atoms with Gasteiger partial charge in [0.15, 0.2) is 0 Å². The van der Waals surface area contributed by atoms with Crippen LogP contribution in [0, 0.1) is 0 Å². The molecule has 11 heavy (non-hydrogen) atoms. The molecule has 1 heterocycles. The van der Waals surface area contributed by atoms with Crippen LogP contribution in [0.3, 0.4) is 0 Å². The zero-order valence-electron chi connectivity index (χ0n) is 7.73. The molecule has 1 aliphatic heterocycles. The fraction of sp³-hybridized carbons (Fsp3) is 0.889. The lowest BCUT2D eigenvalue weighted by Crippen LogP contribution is -2.17. The SMILES string of the molecule is CC(=O)CCC1(C)OC1(C)C. The van der Waals surface area contributed by atoms with Gasteiger partial charge >= 0.3 is 0 Å². The van der Waals surface area contributed by atoms with Gasteiger partial charge in [-0.1, -0.05) is 0 Å². The first-order valence-electron chi connectivity index (χ1n) is 4.07. The first-order valence-corrected chi connectivity index (χ1v) is 4.07. The van der Waals surface area contributed by atoms with Gasteiger partial charge in [0.2, 0.25) is 0 Å². The highest BCUT2D eigenvalue weighted by atomic mass is 16.6. The molecule has 1 atom stereocenters. The first-order chi connectivity index (χ1) is 4.87. The molecule has 64 valence electrons. The molecule has 0 N–H and O–H groups in total. The summed E-state index contributed by atoms with van der Waals surface area (Å²) in [5.74, 6) is 0.248. The summed E-state index contributed by atoms with van der Waals surface area (Å²) in [4.78, 5) is 10.7. The van der Waals surface area contributed by atoms with Crippen molar-refractivity contribution in [2.24, 2.45) is 0 Å². The number of rotatable bonds is 3. The van der Waals surface area contributed by atoms with Gasteiger partial charge in [0, 0.05) is 6.42 Å². The number of epoxide rings is 1. The van der Waals surface area contributed by atoms with Crippen LogP contribution in [-0.4, -0.2) is 17.0 Å². The van der Waals surface area contributed by atoms with Crippen LogP contribution in [0.2, 0.25) is 0 Å².